The Morgan fingerprint density at radius 3 is 2.80 bits per heavy atom. The van der Waals surface area contributed by atoms with Gasteiger partial charge in [0.25, 0.3) is 0 Å². The third-order valence-electron chi connectivity index (χ3n) is 6.58. The molecule has 0 spiro atoms. The summed E-state index contributed by atoms with van der Waals surface area (Å²) in [6, 6.07) is 13.9. The predicted molar refractivity (Wildman–Crippen MR) is 145 cm³/mol. The third kappa shape index (κ3) is 5.19. The molecule has 6 nitrogen and oxygen atoms in total. The lowest BCUT2D eigenvalue weighted by Gasteiger charge is -2.22. The van der Waals surface area contributed by atoms with Gasteiger partial charge in [-0.05, 0) is 49.4 Å². The van der Waals surface area contributed by atoms with Crippen molar-refractivity contribution in [2.24, 2.45) is 4.99 Å². The maximum atomic E-state index is 10.3. The molecule has 3 aromatic rings. The van der Waals surface area contributed by atoms with Gasteiger partial charge < -0.3 is 9.30 Å². The second kappa shape index (κ2) is 10.1. The summed E-state index contributed by atoms with van der Waals surface area (Å²) in [5, 5.41) is 11.2. The Balaban J connectivity index is 1.63. The zero-order chi connectivity index (χ0) is 25.1. The molecule has 1 aliphatic rings. The fourth-order valence-corrected chi connectivity index (χ4v) is 5.35. The van der Waals surface area contributed by atoms with Crippen molar-refractivity contribution in [3.05, 3.63) is 71.8 Å². The van der Waals surface area contributed by atoms with Crippen LogP contribution in [0.3, 0.4) is 0 Å². The van der Waals surface area contributed by atoms with Gasteiger partial charge in [-0.3, -0.25) is 4.99 Å². The molecule has 1 unspecified atom stereocenters. The Kier molecular flexibility index (Phi) is 7.15. The maximum absolute atomic E-state index is 10.3. The molecule has 0 saturated heterocycles. The number of rotatable bonds is 9. The molecule has 0 amide bonds. The van der Waals surface area contributed by atoms with Crippen molar-refractivity contribution in [3.8, 4) is 17.3 Å². The molecule has 1 aromatic carbocycles. The minimum atomic E-state index is -1.13. The number of hydrogen-bond donors (Lipinski definition) is 0. The first kappa shape index (κ1) is 24.8. The number of fused-ring (bicyclic) bond motifs is 1. The molecule has 2 heterocycles. The minimum absolute atomic E-state index is 0.471. The zero-order valence-corrected chi connectivity index (χ0v) is 22.1. The molecule has 1 aliphatic carbocycles. The van der Waals surface area contributed by atoms with Crippen LogP contribution in [-0.4, -0.2) is 35.9 Å². The van der Waals surface area contributed by atoms with Gasteiger partial charge in [0, 0.05) is 43.9 Å². The molecule has 0 bridgehead atoms. The minimum Gasteiger partial charge on any atom is -0.361 e. The predicted octanol–water partition coefficient (Wildman–Crippen LogP) is 6.50. The summed E-state index contributed by atoms with van der Waals surface area (Å²) in [7, 11) is -1.13. The first-order valence-electron chi connectivity index (χ1n) is 12.0. The van der Waals surface area contributed by atoms with E-state index in [1.165, 1.54) is 0 Å². The molecule has 7 heteroatoms. The van der Waals surface area contributed by atoms with Crippen LogP contribution in [0.2, 0.25) is 25.7 Å². The first-order chi connectivity index (χ1) is 16.8. The molecule has 4 rings (SSSR count). The monoisotopic (exact) mass is 483 g/mol. The Bertz CT molecular complexity index is 1340. The molecule has 35 heavy (non-hydrogen) atoms. The number of ether oxygens (including phenoxy) is 1. The summed E-state index contributed by atoms with van der Waals surface area (Å²) in [4.78, 5) is 13.4. The summed E-state index contributed by atoms with van der Waals surface area (Å²) < 4.78 is 7.98. The van der Waals surface area contributed by atoms with Gasteiger partial charge in [-0.15, -0.1) is 0 Å². The molecule has 0 radical (unpaired) electrons. The van der Waals surface area contributed by atoms with E-state index in [1.54, 1.807) is 6.33 Å². The fourth-order valence-electron chi connectivity index (χ4n) is 4.59. The summed E-state index contributed by atoms with van der Waals surface area (Å²) >= 11 is 0. The summed E-state index contributed by atoms with van der Waals surface area (Å²) in [5.74, 6) is 0. The number of hydrogen-bond acceptors (Lipinski definition) is 5. The van der Waals surface area contributed by atoms with Gasteiger partial charge in [0.1, 0.15) is 18.7 Å². The van der Waals surface area contributed by atoms with E-state index in [0.717, 1.165) is 51.8 Å². The van der Waals surface area contributed by atoms with Crippen molar-refractivity contribution in [1.29, 1.82) is 5.26 Å². The Morgan fingerprint density at radius 2 is 2.09 bits per heavy atom. The summed E-state index contributed by atoms with van der Waals surface area (Å²) in [6.45, 7) is 14.0. The number of aromatic nitrogens is 3. The first-order valence-corrected chi connectivity index (χ1v) is 15.7. The van der Waals surface area contributed by atoms with E-state index in [0.29, 0.717) is 19.6 Å². The van der Waals surface area contributed by atoms with Gasteiger partial charge in [0.2, 0.25) is 0 Å². The van der Waals surface area contributed by atoms with Crippen LogP contribution in [0.5, 0.6) is 0 Å². The smallest absolute Gasteiger partial charge is 0.145 e. The Labute approximate surface area is 208 Å². The summed E-state index contributed by atoms with van der Waals surface area (Å²) in [5.41, 5.74) is 4.94. The van der Waals surface area contributed by atoms with Gasteiger partial charge in [-0.2, -0.15) is 5.26 Å². The standard InChI is InChI=1S/C28H33N5OSi/c1-6-8-22-16-28(18-29,17-25(22)30-2)23-10-7-9-21(15-23)26-24-11-12-33(27(24)32-19-31-26)20-34-13-14-35(3,4)5/h6-12,15,19H,2,13-14,16-17,20H2,1,3-5H3/b8-6-. The van der Waals surface area contributed by atoms with Crippen molar-refractivity contribution in [2.75, 3.05) is 6.61 Å². The lowest BCUT2D eigenvalue weighted by Crippen LogP contribution is -2.22. The SMILES string of the molecule is C=NC1=C(/C=C\C)CC(C#N)(c2cccc(-c3ncnc4c3ccn4COCC[Si](C)(C)C)c2)C1. The molecule has 0 fully saturated rings. The second-order valence-electron chi connectivity index (χ2n) is 10.4. The molecular formula is C28H33N5OSi. The van der Waals surface area contributed by atoms with E-state index in [2.05, 4.69) is 53.5 Å². The van der Waals surface area contributed by atoms with Crippen LogP contribution in [0.25, 0.3) is 22.3 Å². The molecule has 0 N–H and O–H groups in total. The largest absolute Gasteiger partial charge is 0.361 e. The van der Waals surface area contributed by atoms with Crippen molar-refractivity contribution in [1.82, 2.24) is 14.5 Å². The lowest BCUT2D eigenvalue weighted by molar-refractivity contribution is 0.0899. The fraction of sp³-hybridized carbons (Fsp3) is 0.357. The van der Waals surface area contributed by atoms with Crippen molar-refractivity contribution < 1.29 is 4.74 Å². The second-order valence-corrected chi connectivity index (χ2v) is 16.0. The van der Waals surface area contributed by atoms with Crippen LogP contribution >= 0.6 is 0 Å². The molecule has 0 saturated carbocycles. The van der Waals surface area contributed by atoms with Crippen molar-refractivity contribution >= 4 is 25.8 Å². The van der Waals surface area contributed by atoms with Crippen LogP contribution in [0, 0.1) is 11.3 Å². The van der Waals surface area contributed by atoms with Crippen molar-refractivity contribution in [3.63, 3.8) is 0 Å². The highest BCUT2D eigenvalue weighted by Gasteiger charge is 2.40. The quantitative estimate of drug-likeness (QED) is 0.198. The van der Waals surface area contributed by atoms with Gasteiger partial charge >= 0.3 is 0 Å². The zero-order valence-electron chi connectivity index (χ0n) is 21.1. The number of nitrogens with zero attached hydrogens (tertiary/aromatic N) is 5. The van der Waals surface area contributed by atoms with Gasteiger partial charge in [-0.25, -0.2) is 9.97 Å². The lowest BCUT2D eigenvalue weighted by atomic mass is 9.78. The van der Waals surface area contributed by atoms with Crippen LogP contribution in [0.4, 0.5) is 0 Å². The number of benzene rings is 1. The van der Waals surface area contributed by atoms with E-state index in [1.807, 2.05) is 54.1 Å². The maximum Gasteiger partial charge on any atom is 0.145 e. The van der Waals surface area contributed by atoms with Crippen LogP contribution < -0.4 is 0 Å². The van der Waals surface area contributed by atoms with Crippen LogP contribution in [0.1, 0.15) is 25.3 Å². The van der Waals surface area contributed by atoms with Gasteiger partial charge in [0.15, 0.2) is 0 Å². The molecule has 0 aliphatic heterocycles. The Hall–Kier alpha value is -3.34. The van der Waals surface area contributed by atoms with E-state index < -0.39 is 13.5 Å². The van der Waals surface area contributed by atoms with E-state index >= 15 is 0 Å². The highest BCUT2D eigenvalue weighted by atomic mass is 28.3. The number of allylic oxidation sites excluding steroid dienone is 4. The highest BCUT2D eigenvalue weighted by molar-refractivity contribution is 6.76. The van der Waals surface area contributed by atoms with E-state index in [-0.39, 0.29) is 0 Å². The topological polar surface area (TPSA) is 76.1 Å². The average molecular weight is 484 g/mol. The van der Waals surface area contributed by atoms with Crippen LogP contribution in [-0.2, 0) is 16.9 Å². The summed E-state index contributed by atoms with van der Waals surface area (Å²) in [6.07, 6.45) is 8.81. The van der Waals surface area contributed by atoms with Crippen molar-refractivity contribution in [2.45, 2.75) is 57.6 Å². The van der Waals surface area contributed by atoms with Gasteiger partial charge in [0.05, 0.1) is 17.2 Å². The highest BCUT2D eigenvalue weighted by Crippen LogP contribution is 2.45. The van der Waals surface area contributed by atoms with Crippen LogP contribution in [0.15, 0.2) is 71.3 Å². The number of aliphatic imine (C=N–C) groups is 1. The third-order valence-corrected chi connectivity index (χ3v) is 8.28. The molecular weight excluding hydrogens is 450 g/mol. The Morgan fingerprint density at radius 1 is 1.26 bits per heavy atom. The molecule has 2 aromatic heterocycles. The van der Waals surface area contributed by atoms with Gasteiger partial charge in [-0.1, -0.05) is 50.0 Å². The van der Waals surface area contributed by atoms with E-state index in [4.69, 9.17) is 4.74 Å². The van der Waals surface area contributed by atoms with E-state index in [9.17, 15) is 5.26 Å². The number of nitriles is 1. The molecule has 1 atom stereocenters. The average Bonchev–Trinajstić information content (AvgIpc) is 3.43. The normalized spacial score (nSPS) is 18.5. The molecule has 180 valence electrons.